The lowest BCUT2D eigenvalue weighted by Crippen LogP contribution is -2.08. The first-order valence-electron chi connectivity index (χ1n) is 6.60. The van der Waals surface area contributed by atoms with Gasteiger partial charge in [-0.15, -0.1) is 0 Å². The molecule has 0 aliphatic heterocycles. The van der Waals surface area contributed by atoms with Crippen LogP contribution in [0.2, 0.25) is 0 Å². The van der Waals surface area contributed by atoms with Crippen molar-refractivity contribution in [3.63, 3.8) is 0 Å². The zero-order valence-corrected chi connectivity index (χ0v) is 11.8. The summed E-state index contributed by atoms with van der Waals surface area (Å²) in [7, 11) is 1.55. The molecule has 3 heteroatoms. The van der Waals surface area contributed by atoms with Crippen LogP contribution in [0.15, 0.2) is 48.5 Å². The first-order valence-corrected chi connectivity index (χ1v) is 6.60. The van der Waals surface area contributed by atoms with Crippen LogP contribution < -0.4 is 4.74 Å². The van der Waals surface area contributed by atoms with Gasteiger partial charge in [0.2, 0.25) is 0 Å². The molecule has 0 bridgehead atoms. The maximum absolute atomic E-state index is 12.6. The number of aryl methyl sites for hydroxylation is 1. The minimum absolute atomic E-state index is 0.0352. The van der Waals surface area contributed by atoms with Crippen LogP contribution in [-0.4, -0.2) is 19.7 Å². The standard InChI is InChI=1S/C17H18O3/c1-3-13-9-10-16(20-12-19-2)15(11-13)17(18)14-7-5-4-6-8-14/h4-11H,3,12H2,1-2H3. The van der Waals surface area contributed by atoms with Gasteiger partial charge >= 0.3 is 0 Å². The number of hydrogen-bond donors (Lipinski definition) is 0. The largest absolute Gasteiger partial charge is 0.467 e. The van der Waals surface area contributed by atoms with E-state index in [0.29, 0.717) is 16.9 Å². The van der Waals surface area contributed by atoms with Crippen LogP contribution in [0, 0.1) is 0 Å². The van der Waals surface area contributed by atoms with E-state index in [2.05, 4.69) is 6.92 Å². The van der Waals surface area contributed by atoms with E-state index in [9.17, 15) is 4.79 Å². The van der Waals surface area contributed by atoms with Crippen molar-refractivity contribution in [3.8, 4) is 5.75 Å². The molecule has 104 valence electrons. The highest BCUT2D eigenvalue weighted by atomic mass is 16.7. The molecule has 0 aliphatic carbocycles. The Labute approximate surface area is 119 Å². The number of carbonyl (C=O) groups excluding carboxylic acids is 1. The molecule has 0 aromatic heterocycles. The quantitative estimate of drug-likeness (QED) is 0.595. The zero-order chi connectivity index (χ0) is 14.4. The summed E-state index contributed by atoms with van der Waals surface area (Å²) in [5.74, 6) is 0.518. The molecular weight excluding hydrogens is 252 g/mol. The third-order valence-corrected chi connectivity index (χ3v) is 3.07. The molecule has 0 spiro atoms. The van der Waals surface area contributed by atoms with Crippen molar-refractivity contribution in [1.29, 1.82) is 0 Å². The van der Waals surface area contributed by atoms with Crippen LogP contribution in [0.3, 0.4) is 0 Å². The lowest BCUT2D eigenvalue weighted by atomic mass is 9.99. The SMILES string of the molecule is CCc1ccc(OCOC)c(C(=O)c2ccccc2)c1. The van der Waals surface area contributed by atoms with Gasteiger partial charge in [-0.3, -0.25) is 4.79 Å². The number of benzene rings is 2. The maximum Gasteiger partial charge on any atom is 0.196 e. The summed E-state index contributed by atoms with van der Waals surface area (Å²) in [5, 5.41) is 0. The van der Waals surface area contributed by atoms with Crippen molar-refractivity contribution >= 4 is 5.78 Å². The number of methoxy groups -OCH3 is 1. The van der Waals surface area contributed by atoms with Crippen LogP contribution >= 0.6 is 0 Å². The average Bonchev–Trinajstić information content (AvgIpc) is 2.53. The van der Waals surface area contributed by atoms with Crippen molar-refractivity contribution < 1.29 is 14.3 Å². The first kappa shape index (κ1) is 14.3. The summed E-state index contributed by atoms with van der Waals surface area (Å²) in [6.45, 7) is 2.18. The van der Waals surface area contributed by atoms with Crippen LogP contribution in [0.1, 0.15) is 28.4 Å². The third kappa shape index (κ3) is 3.25. The normalized spacial score (nSPS) is 10.3. The van der Waals surface area contributed by atoms with Crippen molar-refractivity contribution in [3.05, 3.63) is 65.2 Å². The molecule has 0 heterocycles. The minimum atomic E-state index is -0.0352. The van der Waals surface area contributed by atoms with Gasteiger partial charge in [0.1, 0.15) is 5.75 Å². The van der Waals surface area contributed by atoms with Gasteiger partial charge < -0.3 is 9.47 Å². The molecule has 0 amide bonds. The topological polar surface area (TPSA) is 35.5 Å². The van der Waals surface area contributed by atoms with E-state index >= 15 is 0 Å². The minimum Gasteiger partial charge on any atom is -0.467 e. The Morgan fingerprint density at radius 1 is 1.10 bits per heavy atom. The number of ketones is 1. The smallest absolute Gasteiger partial charge is 0.196 e. The van der Waals surface area contributed by atoms with Crippen LogP contribution in [0.4, 0.5) is 0 Å². The van der Waals surface area contributed by atoms with Gasteiger partial charge in [0.05, 0.1) is 5.56 Å². The van der Waals surface area contributed by atoms with E-state index in [0.717, 1.165) is 12.0 Å². The van der Waals surface area contributed by atoms with E-state index in [4.69, 9.17) is 9.47 Å². The molecule has 0 unspecified atom stereocenters. The van der Waals surface area contributed by atoms with Crippen LogP contribution in [0.5, 0.6) is 5.75 Å². The van der Waals surface area contributed by atoms with Crippen LogP contribution in [-0.2, 0) is 11.2 Å². The zero-order valence-electron chi connectivity index (χ0n) is 11.8. The van der Waals surface area contributed by atoms with Gasteiger partial charge in [-0.2, -0.15) is 0 Å². The Morgan fingerprint density at radius 2 is 1.85 bits per heavy atom. The summed E-state index contributed by atoms with van der Waals surface area (Å²) in [6, 6.07) is 14.9. The molecule has 2 rings (SSSR count). The fourth-order valence-corrected chi connectivity index (χ4v) is 1.97. The molecule has 0 aliphatic rings. The summed E-state index contributed by atoms with van der Waals surface area (Å²) in [6.07, 6.45) is 0.875. The van der Waals surface area contributed by atoms with Gasteiger partial charge in [-0.1, -0.05) is 43.3 Å². The van der Waals surface area contributed by atoms with E-state index in [1.807, 2.05) is 36.4 Å². The number of ether oxygens (including phenoxy) is 2. The number of carbonyl (C=O) groups is 1. The summed E-state index contributed by atoms with van der Waals surface area (Å²) in [4.78, 5) is 12.6. The third-order valence-electron chi connectivity index (χ3n) is 3.07. The molecule has 0 saturated carbocycles. The van der Waals surface area contributed by atoms with Crippen molar-refractivity contribution in [1.82, 2.24) is 0 Å². The van der Waals surface area contributed by atoms with Gasteiger partial charge in [-0.25, -0.2) is 0 Å². The fraction of sp³-hybridized carbons (Fsp3) is 0.235. The Balaban J connectivity index is 2.39. The molecule has 20 heavy (non-hydrogen) atoms. The van der Waals surface area contributed by atoms with E-state index < -0.39 is 0 Å². The number of rotatable bonds is 6. The van der Waals surface area contributed by atoms with Crippen molar-refractivity contribution in [2.24, 2.45) is 0 Å². The lowest BCUT2D eigenvalue weighted by Gasteiger charge is -2.11. The highest BCUT2D eigenvalue weighted by Crippen LogP contribution is 2.24. The van der Waals surface area contributed by atoms with Gasteiger partial charge in [0, 0.05) is 12.7 Å². The van der Waals surface area contributed by atoms with Crippen molar-refractivity contribution in [2.45, 2.75) is 13.3 Å². The Kier molecular flexibility index (Phi) is 4.91. The summed E-state index contributed by atoms with van der Waals surface area (Å²) in [5.41, 5.74) is 2.34. The molecule has 2 aromatic rings. The van der Waals surface area contributed by atoms with Crippen molar-refractivity contribution in [2.75, 3.05) is 13.9 Å². The Morgan fingerprint density at radius 3 is 2.50 bits per heavy atom. The van der Waals surface area contributed by atoms with E-state index in [1.54, 1.807) is 19.2 Å². The summed E-state index contributed by atoms with van der Waals surface area (Å²) >= 11 is 0. The molecular formula is C17H18O3. The first-order chi connectivity index (χ1) is 9.76. The molecule has 0 radical (unpaired) electrons. The van der Waals surface area contributed by atoms with Gasteiger partial charge in [0.15, 0.2) is 12.6 Å². The highest BCUT2D eigenvalue weighted by Gasteiger charge is 2.15. The predicted octanol–water partition coefficient (Wildman–Crippen LogP) is 3.46. The molecule has 0 atom stereocenters. The maximum atomic E-state index is 12.6. The highest BCUT2D eigenvalue weighted by molar-refractivity contribution is 6.10. The van der Waals surface area contributed by atoms with E-state index in [-0.39, 0.29) is 12.6 Å². The predicted molar refractivity (Wildman–Crippen MR) is 78.2 cm³/mol. The van der Waals surface area contributed by atoms with E-state index in [1.165, 1.54) is 0 Å². The molecule has 0 fully saturated rings. The average molecular weight is 270 g/mol. The second-order valence-corrected chi connectivity index (χ2v) is 4.43. The molecule has 0 saturated heterocycles. The Hall–Kier alpha value is -2.13. The molecule has 3 nitrogen and oxygen atoms in total. The lowest BCUT2D eigenvalue weighted by molar-refractivity contribution is 0.0503. The second kappa shape index (κ2) is 6.87. The monoisotopic (exact) mass is 270 g/mol. The van der Waals surface area contributed by atoms with Gasteiger partial charge in [-0.05, 0) is 24.1 Å². The van der Waals surface area contributed by atoms with Gasteiger partial charge in [0.25, 0.3) is 0 Å². The van der Waals surface area contributed by atoms with Crippen LogP contribution in [0.25, 0.3) is 0 Å². The number of hydrogen-bond acceptors (Lipinski definition) is 3. The fourth-order valence-electron chi connectivity index (χ4n) is 1.97. The molecule has 2 aromatic carbocycles. The Bertz CT molecular complexity index is 576. The second-order valence-electron chi connectivity index (χ2n) is 4.43. The molecule has 0 N–H and O–H groups in total. The summed E-state index contributed by atoms with van der Waals surface area (Å²) < 4.78 is 10.4.